The van der Waals surface area contributed by atoms with Crippen molar-refractivity contribution in [2.75, 3.05) is 13.1 Å². The smallest absolute Gasteiger partial charge is 0.228 e. The molecule has 4 bridgehead atoms. The van der Waals surface area contributed by atoms with Crippen LogP contribution in [0.1, 0.15) is 64.7 Å². The van der Waals surface area contributed by atoms with E-state index in [1.807, 2.05) is 0 Å². The van der Waals surface area contributed by atoms with Gasteiger partial charge in [0.25, 0.3) is 0 Å². The van der Waals surface area contributed by atoms with E-state index in [1.54, 1.807) is 6.92 Å². The van der Waals surface area contributed by atoms with E-state index >= 15 is 0 Å². The largest absolute Gasteiger partial charge is 0.351 e. The maximum absolute atomic E-state index is 13.6. The molecule has 2 amide bonds. The number of rotatable bonds is 2. The Morgan fingerprint density at radius 3 is 2.21 bits per heavy atom. The number of hydrogen-bond acceptors (Lipinski definition) is 2. The van der Waals surface area contributed by atoms with Crippen LogP contribution in [0.15, 0.2) is 0 Å². The summed E-state index contributed by atoms with van der Waals surface area (Å²) in [6.07, 6.45) is 10.5. The minimum Gasteiger partial charge on any atom is -0.351 e. The first-order valence-corrected chi connectivity index (χ1v) is 10.1. The molecule has 2 unspecified atom stereocenters. The third kappa shape index (κ3) is 2.17. The van der Waals surface area contributed by atoms with Gasteiger partial charge in [-0.1, -0.05) is 6.42 Å². The molecule has 6 fully saturated rings. The van der Waals surface area contributed by atoms with Crippen molar-refractivity contribution in [3.05, 3.63) is 0 Å². The van der Waals surface area contributed by atoms with Gasteiger partial charge in [-0.05, 0) is 75.0 Å². The third-order valence-electron chi connectivity index (χ3n) is 7.97. The van der Waals surface area contributed by atoms with Gasteiger partial charge in [-0.3, -0.25) is 9.59 Å². The molecule has 0 aromatic heterocycles. The topological polar surface area (TPSA) is 49.4 Å². The molecule has 1 aliphatic heterocycles. The normalized spacial score (nSPS) is 48.6. The van der Waals surface area contributed by atoms with E-state index in [9.17, 15) is 9.59 Å². The van der Waals surface area contributed by atoms with Gasteiger partial charge in [-0.15, -0.1) is 0 Å². The number of hydrogen-bond donors (Lipinski definition) is 1. The number of likely N-dealkylation sites (tertiary alicyclic amines) is 1. The molecule has 132 valence electrons. The first-order chi connectivity index (χ1) is 11.5. The van der Waals surface area contributed by atoms with Crippen LogP contribution in [0.5, 0.6) is 0 Å². The van der Waals surface area contributed by atoms with Crippen LogP contribution in [0.25, 0.3) is 0 Å². The molecule has 4 heteroatoms. The molecule has 4 nitrogen and oxygen atoms in total. The van der Waals surface area contributed by atoms with E-state index in [0.29, 0.717) is 17.7 Å². The zero-order valence-electron chi connectivity index (χ0n) is 14.9. The highest BCUT2D eigenvalue weighted by atomic mass is 16.2. The number of nitrogens with zero attached hydrogens (tertiary/aromatic N) is 1. The molecule has 1 saturated heterocycles. The van der Waals surface area contributed by atoms with E-state index in [2.05, 4.69) is 10.2 Å². The predicted octanol–water partition coefficient (Wildman–Crippen LogP) is 2.72. The highest BCUT2D eigenvalue weighted by Crippen LogP contribution is 2.62. The van der Waals surface area contributed by atoms with E-state index < -0.39 is 0 Å². The summed E-state index contributed by atoms with van der Waals surface area (Å²) in [4.78, 5) is 27.6. The zero-order valence-corrected chi connectivity index (χ0v) is 14.9. The van der Waals surface area contributed by atoms with Crippen LogP contribution < -0.4 is 5.32 Å². The van der Waals surface area contributed by atoms with Gasteiger partial charge in [0.1, 0.15) is 0 Å². The van der Waals surface area contributed by atoms with Gasteiger partial charge in [0, 0.05) is 25.6 Å². The molecular formula is C20H30N2O2. The molecule has 0 aromatic rings. The molecule has 1 heterocycles. The van der Waals surface area contributed by atoms with Crippen LogP contribution in [0.3, 0.4) is 0 Å². The van der Waals surface area contributed by atoms with Gasteiger partial charge in [0.15, 0.2) is 0 Å². The van der Waals surface area contributed by atoms with Crippen LogP contribution in [0, 0.1) is 29.1 Å². The first-order valence-electron chi connectivity index (χ1n) is 10.1. The second kappa shape index (κ2) is 4.98. The summed E-state index contributed by atoms with van der Waals surface area (Å²) in [6, 6.07) is 0. The van der Waals surface area contributed by atoms with Gasteiger partial charge in [-0.2, -0.15) is 0 Å². The fraction of sp³-hybridized carbons (Fsp3) is 0.900. The van der Waals surface area contributed by atoms with E-state index in [0.717, 1.165) is 57.0 Å². The monoisotopic (exact) mass is 330 g/mol. The van der Waals surface area contributed by atoms with Crippen molar-refractivity contribution in [3.8, 4) is 0 Å². The van der Waals surface area contributed by atoms with Gasteiger partial charge in [-0.25, -0.2) is 0 Å². The van der Waals surface area contributed by atoms with E-state index in [1.165, 1.54) is 25.7 Å². The molecule has 0 radical (unpaired) electrons. The molecule has 6 rings (SSSR count). The zero-order chi connectivity index (χ0) is 16.5. The van der Waals surface area contributed by atoms with E-state index in [4.69, 9.17) is 0 Å². The first kappa shape index (κ1) is 15.2. The molecule has 0 aromatic carbocycles. The molecule has 6 atom stereocenters. The van der Waals surface area contributed by atoms with Crippen molar-refractivity contribution in [2.24, 2.45) is 29.1 Å². The van der Waals surface area contributed by atoms with Crippen molar-refractivity contribution in [3.63, 3.8) is 0 Å². The van der Waals surface area contributed by atoms with Crippen LogP contribution in [-0.2, 0) is 9.59 Å². The summed E-state index contributed by atoms with van der Waals surface area (Å²) in [6.45, 7) is 3.65. The Morgan fingerprint density at radius 2 is 1.62 bits per heavy atom. The summed E-state index contributed by atoms with van der Waals surface area (Å²) in [5.74, 6) is 3.35. The molecule has 5 saturated carbocycles. The molecule has 0 spiro atoms. The number of nitrogens with one attached hydrogen (secondary N) is 1. The van der Waals surface area contributed by atoms with Gasteiger partial charge >= 0.3 is 0 Å². The van der Waals surface area contributed by atoms with Crippen molar-refractivity contribution < 1.29 is 9.59 Å². The number of fused-ring (bicyclic) bond motifs is 1. The Balaban J connectivity index is 1.40. The second-order valence-electron chi connectivity index (χ2n) is 9.86. The fourth-order valence-corrected chi connectivity index (χ4v) is 7.77. The lowest BCUT2D eigenvalue weighted by molar-refractivity contribution is -0.162. The summed E-state index contributed by atoms with van der Waals surface area (Å²) in [5.41, 5.74) is -0.244. The quantitative estimate of drug-likeness (QED) is 0.846. The minimum atomic E-state index is -0.162. The van der Waals surface area contributed by atoms with Gasteiger partial charge in [0.05, 0.1) is 5.41 Å². The Hall–Kier alpha value is -1.06. The highest BCUT2D eigenvalue weighted by Gasteiger charge is 2.62. The van der Waals surface area contributed by atoms with Crippen molar-refractivity contribution >= 4 is 11.8 Å². The van der Waals surface area contributed by atoms with E-state index in [-0.39, 0.29) is 16.9 Å². The summed E-state index contributed by atoms with van der Waals surface area (Å²) < 4.78 is 0. The highest BCUT2D eigenvalue weighted by molar-refractivity contribution is 5.84. The second-order valence-corrected chi connectivity index (χ2v) is 9.86. The standard InChI is InChI=1S/C20H30N2O2/c1-13(23)21-20-8-14-5-15(9-20)7-19(6-14,12-20)18(24)22-10-16-3-2-4-17(16)11-22/h14-17H,2-12H2,1H3,(H,21,23)/t14-,15+,16-,17-,19?,20?/m0/s1. The number of amides is 2. The predicted molar refractivity (Wildman–Crippen MR) is 91.1 cm³/mol. The number of carbonyl (C=O) groups is 2. The lowest BCUT2D eigenvalue weighted by atomic mass is 9.46. The maximum atomic E-state index is 13.6. The summed E-state index contributed by atoms with van der Waals surface area (Å²) >= 11 is 0. The summed E-state index contributed by atoms with van der Waals surface area (Å²) in [5, 5.41) is 3.29. The van der Waals surface area contributed by atoms with Crippen LogP contribution in [0.2, 0.25) is 0 Å². The average Bonchev–Trinajstić information content (AvgIpc) is 3.04. The number of carbonyl (C=O) groups excluding carboxylic acids is 2. The molecular weight excluding hydrogens is 300 g/mol. The molecule has 1 N–H and O–H groups in total. The van der Waals surface area contributed by atoms with Crippen LogP contribution in [0.4, 0.5) is 0 Å². The van der Waals surface area contributed by atoms with Crippen LogP contribution in [-0.4, -0.2) is 35.3 Å². The SMILES string of the molecule is CC(=O)NC12C[C@H]3C[C@@H](C1)CC(C(=O)N1C[C@@H]4CCC[C@H]4C1)(C3)C2. The van der Waals surface area contributed by atoms with Crippen molar-refractivity contribution in [1.29, 1.82) is 0 Å². The van der Waals surface area contributed by atoms with Crippen molar-refractivity contribution in [1.82, 2.24) is 10.2 Å². The molecule has 5 aliphatic carbocycles. The molecule has 24 heavy (non-hydrogen) atoms. The minimum absolute atomic E-state index is 0.0789. The third-order valence-corrected chi connectivity index (χ3v) is 7.97. The van der Waals surface area contributed by atoms with Crippen LogP contribution >= 0.6 is 0 Å². The lowest BCUT2D eigenvalue weighted by Gasteiger charge is -2.61. The Bertz CT molecular complexity index is 560. The molecule has 6 aliphatic rings. The average molecular weight is 330 g/mol. The van der Waals surface area contributed by atoms with Gasteiger partial charge < -0.3 is 10.2 Å². The fourth-order valence-electron chi connectivity index (χ4n) is 7.77. The van der Waals surface area contributed by atoms with Crippen molar-refractivity contribution in [2.45, 2.75) is 70.3 Å². The lowest BCUT2D eigenvalue weighted by Crippen LogP contribution is -2.65. The Kier molecular flexibility index (Phi) is 3.16. The maximum Gasteiger partial charge on any atom is 0.228 e. The van der Waals surface area contributed by atoms with Gasteiger partial charge in [0.2, 0.25) is 11.8 Å². The Morgan fingerprint density at radius 1 is 1.00 bits per heavy atom. The summed E-state index contributed by atoms with van der Waals surface area (Å²) in [7, 11) is 0. The Labute approximate surface area is 144 Å².